The van der Waals surface area contributed by atoms with Crippen LogP contribution in [0, 0.1) is 0 Å². The van der Waals surface area contributed by atoms with Crippen molar-refractivity contribution < 1.29 is 9.59 Å². The number of piperazine rings is 1. The van der Waals surface area contributed by atoms with Gasteiger partial charge in [0.1, 0.15) is 5.71 Å². The molecule has 0 atom stereocenters. The number of ketones is 2. The lowest BCUT2D eigenvalue weighted by Gasteiger charge is -2.27. The van der Waals surface area contributed by atoms with Gasteiger partial charge in [0, 0.05) is 45.0 Å². The van der Waals surface area contributed by atoms with Crippen molar-refractivity contribution in [2.75, 3.05) is 32.7 Å². The Morgan fingerprint density at radius 2 is 2.07 bits per heavy atom. The van der Waals surface area contributed by atoms with Gasteiger partial charge in [0.15, 0.2) is 0 Å². The predicted octanol–water partition coefficient (Wildman–Crippen LogP) is -1.00. The number of carbonyl (C=O) groups is 2. The Kier molecular flexibility index (Phi) is 3.03. The van der Waals surface area contributed by atoms with Crippen LogP contribution in [0.25, 0.3) is 0 Å². The summed E-state index contributed by atoms with van der Waals surface area (Å²) in [5, 5.41) is 3.22. The summed E-state index contributed by atoms with van der Waals surface area (Å²) in [6.45, 7) is 4.11. The molecule has 2 rings (SSSR count). The predicted molar refractivity (Wildman–Crippen MR) is 55.9 cm³/mol. The van der Waals surface area contributed by atoms with Gasteiger partial charge in [-0.2, -0.15) is 0 Å². The molecule has 15 heavy (non-hydrogen) atoms. The van der Waals surface area contributed by atoms with Gasteiger partial charge in [-0.15, -0.1) is 0 Å². The van der Waals surface area contributed by atoms with Crippen LogP contribution in [0.15, 0.2) is 17.3 Å². The molecule has 0 aromatic rings. The van der Waals surface area contributed by atoms with E-state index in [-0.39, 0.29) is 0 Å². The third-order valence-corrected chi connectivity index (χ3v) is 2.53. The summed E-state index contributed by atoms with van der Waals surface area (Å²) < 4.78 is 0. The molecule has 0 unspecified atom stereocenters. The fraction of sp³-hybridized carbons (Fsp3) is 0.500. The molecule has 0 aromatic heterocycles. The zero-order chi connectivity index (χ0) is 10.7. The van der Waals surface area contributed by atoms with Crippen LogP contribution in [-0.4, -0.2) is 54.9 Å². The molecular formula is C10H13N3O2. The lowest BCUT2D eigenvalue weighted by atomic mass is 10.1. The molecule has 0 aliphatic carbocycles. The molecule has 0 radical (unpaired) electrons. The monoisotopic (exact) mass is 207 g/mol. The first-order valence-electron chi connectivity index (χ1n) is 5.02. The third-order valence-electron chi connectivity index (χ3n) is 2.53. The summed E-state index contributed by atoms with van der Waals surface area (Å²) in [5.41, 5.74) is 0.365. The van der Waals surface area contributed by atoms with E-state index in [0.717, 1.165) is 26.2 Å². The third kappa shape index (κ3) is 2.37. The summed E-state index contributed by atoms with van der Waals surface area (Å²) in [5.74, 6) is -0.925. The average molecular weight is 207 g/mol. The van der Waals surface area contributed by atoms with Gasteiger partial charge in [-0.05, 0) is 0 Å². The topological polar surface area (TPSA) is 61.8 Å². The number of carbonyl (C=O) groups excluding carboxylic acids is 2. The van der Waals surface area contributed by atoms with E-state index in [0.29, 0.717) is 12.3 Å². The zero-order valence-electron chi connectivity index (χ0n) is 8.40. The fourth-order valence-corrected chi connectivity index (χ4v) is 1.67. The van der Waals surface area contributed by atoms with Crippen LogP contribution >= 0.6 is 0 Å². The average Bonchev–Trinajstić information content (AvgIpc) is 2.26. The quantitative estimate of drug-likeness (QED) is 0.590. The van der Waals surface area contributed by atoms with E-state index in [9.17, 15) is 9.59 Å². The van der Waals surface area contributed by atoms with Crippen molar-refractivity contribution in [2.24, 2.45) is 4.99 Å². The van der Waals surface area contributed by atoms with E-state index < -0.39 is 11.6 Å². The van der Waals surface area contributed by atoms with Crippen LogP contribution < -0.4 is 5.32 Å². The van der Waals surface area contributed by atoms with Gasteiger partial charge in [0.05, 0.1) is 0 Å². The van der Waals surface area contributed by atoms with E-state index in [2.05, 4.69) is 15.2 Å². The summed E-state index contributed by atoms with van der Waals surface area (Å²) >= 11 is 0. The van der Waals surface area contributed by atoms with Gasteiger partial charge in [-0.1, -0.05) is 0 Å². The molecule has 0 amide bonds. The van der Waals surface area contributed by atoms with E-state index in [1.54, 1.807) is 0 Å². The number of aliphatic imine (C=N–C) groups is 1. The van der Waals surface area contributed by atoms with Crippen molar-refractivity contribution >= 4 is 17.3 Å². The molecule has 1 fully saturated rings. The molecule has 0 spiro atoms. The highest BCUT2D eigenvalue weighted by Gasteiger charge is 2.23. The molecular weight excluding hydrogens is 194 g/mol. The number of hydrogen-bond acceptors (Lipinski definition) is 5. The van der Waals surface area contributed by atoms with Gasteiger partial charge in [-0.3, -0.25) is 19.5 Å². The van der Waals surface area contributed by atoms with Crippen LogP contribution in [0.2, 0.25) is 0 Å². The van der Waals surface area contributed by atoms with Gasteiger partial charge < -0.3 is 5.32 Å². The maximum atomic E-state index is 11.4. The number of allylic oxidation sites excluding steroid dienone is 1. The Balaban J connectivity index is 1.98. The highest BCUT2D eigenvalue weighted by Crippen LogP contribution is 2.00. The lowest BCUT2D eigenvalue weighted by molar-refractivity contribution is -0.130. The second-order valence-electron chi connectivity index (χ2n) is 3.61. The Morgan fingerprint density at radius 1 is 1.33 bits per heavy atom. The molecule has 2 aliphatic rings. The van der Waals surface area contributed by atoms with Crippen molar-refractivity contribution in [2.45, 2.75) is 0 Å². The van der Waals surface area contributed by atoms with Gasteiger partial charge in [0.25, 0.3) is 0 Å². The number of nitrogens with one attached hydrogen (secondary N) is 1. The molecule has 5 nitrogen and oxygen atoms in total. The minimum Gasteiger partial charge on any atom is -0.314 e. The fourth-order valence-electron chi connectivity index (χ4n) is 1.67. The maximum Gasteiger partial charge on any atom is 0.248 e. The number of rotatable bonds is 2. The Morgan fingerprint density at radius 3 is 2.80 bits per heavy atom. The summed E-state index contributed by atoms with van der Waals surface area (Å²) in [6, 6.07) is 0. The Hall–Kier alpha value is -1.33. The number of nitrogens with zero attached hydrogens (tertiary/aromatic N) is 2. The minimum atomic E-state index is -0.463. The van der Waals surface area contributed by atoms with Crippen molar-refractivity contribution in [3.8, 4) is 0 Å². The van der Waals surface area contributed by atoms with Crippen molar-refractivity contribution in [3.05, 3.63) is 12.3 Å². The van der Waals surface area contributed by atoms with Crippen LogP contribution in [0.1, 0.15) is 0 Å². The van der Waals surface area contributed by atoms with E-state index in [1.807, 2.05) is 0 Å². The van der Waals surface area contributed by atoms with Crippen LogP contribution in [0.4, 0.5) is 0 Å². The highest BCUT2D eigenvalue weighted by atomic mass is 16.2. The molecule has 0 aromatic carbocycles. The van der Waals surface area contributed by atoms with E-state index >= 15 is 0 Å². The normalized spacial score (nSPS) is 23.1. The summed E-state index contributed by atoms with van der Waals surface area (Å²) in [6.07, 6.45) is 2.62. The van der Waals surface area contributed by atoms with Crippen LogP contribution in [0.3, 0.4) is 0 Å². The van der Waals surface area contributed by atoms with Gasteiger partial charge in [0.2, 0.25) is 11.6 Å². The Labute approximate surface area is 87.9 Å². The number of hydrogen-bond donors (Lipinski definition) is 1. The molecule has 80 valence electrons. The molecule has 1 N–H and O–H groups in total. The first-order chi connectivity index (χ1) is 7.27. The maximum absolute atomic E-state index is 11.4. The van der Waals surface area contributed by atoms with Crippen molar-refractivity contribution in [1.29, 1.82) is 0 Å². The molecule has 0 saturated carbocycles. The smallest absolute Gasteiger partial charge is 0.248 e. The summed E-state index contributed by atoms with van der Waals surface area (Å²) in [7, 11) is 0. The molecule has 5 heteroatoms. The van der Waals surface area contributed by atoms with E-state index in [1.165, 1.54) is 12.3 Å². The summed E-state index contributed by atoms with van der Waals surface area (Å²) in [4.78, 5) is 28.6. The van der Waals surface area contributed by atoms with E-state index in [4.69, 9.17) is 0 Å². The standard InChI is InChI=1S/C10H13N3O2/c14-9-1-2-12-8(10(9)15)7-13-5-3-11-4-6-13/h1-2,11H,3-7H2. The van der Waals surface area contributed by atoms with Crippen molar-refractivity contribution in [3.63, 3.8) is 0 Å². The lowest BCUT2D eigenvalue weighted by Crippen LogP contribution is -2.47. The van der Waals surface area contributed by atoms with Crippen molar-refractivity contribution in [1.82, 2.24) is 10.2 Å². The first kappa shape index (κ1) is 10.2. The molecule has 1 saturated heterocycles. The molecule has 2 heterocycles. The highest BCUT2D eigenvalue weighted by molar-refractivity contribution is 6.68. The van der Waals surface area contributed by atoms with Gasteiger partial charge >= 0.3 is 0 Å². The number of Topliss-reactive ketones (excluding diaryl/α,β-unsaturated/α-hetero) is 1. The molecule has 2 aliphatic heterocycles. The molecule has 0 bridgehead atoms. The van der Waals surface area contributed by atoms with Gasteiger partial charge in [-0.25, -0.2) is 0 Å². The minimum absolute atomic E-state index is 0.365. The second-order valence-corrected chi connectivity index (χ2v) is 3.61. The SMILES string of the molecule is O=C1C=CN=C(CN2CCNCC2)C1=O. The first-order valence-corrected chi connectivity index (χ1v) is 5.02. The Bertz CT molecular complexity index is 341. The largest absolute Gasteiger partial charge is 0.314 e. The zero-order valence-corrected chi connectivity index (χ0v) is 8.40. The van der Waals surface area contributed by atoms with Crippen LogP contribution in [0.5, 0.6) is 0 Å². The van der Waals surface area contributed by atoms with Crippen LogP contribution in [-0.2, 0) is 9.59 Å². The second kappa shape index (κ2) is 4.46.